The fourth-order valence-corrected chi connectivity index (χ4v) is 2.71. The first-order valence-corrected chi connectivity index (χ1v) is 7.37. The van der Waals surface area contributed by atoms with Gasteiger partial charge in [-0.1, -0.05) is 12.1 Å². The lowest BCUT2D eigenvalue weighted by Crippen LogP contribution is -2.47. The maximum atomic E-state index is 12.6. The first-order valence-electron chi connectivity index (χ1n) is 7.37. The minimum Gasteiger partial charge on any atom is -0.378 e. The summed E-state index contributed by atoms with van der Waals surface area (Å²) in [5.74, 6) is -0.222. The number of rotatable bonds is 3. The van der Waals surface area contributed by atoms with E-state index < -0.39 is 5.41 Å². The smallest absolute Gasteiger partial charge is 0.240 e. The molecular weight excluding hydrogens is 268 g/mol. The van der Waals surface area contributed by atoms with Crippen LogP contribution in [0.1, 0.15) is 18.4 Å². The van der Waals surface area contributed by atoms with Crippen molar-refractivity contribution in [3.8, 4) is 0 Å². The lowest BCUT2D eigenvalue weighted by atomic mass is 10.0. The number of nitrogens with one attached hydrogen (secondary N) is 1. The second kappa shape index (κ2) is 5.48. The van der Waals surface area contributed by atoms with E-state index in [4.69, 9.17) is 4.74 Å². The summed E-state index contributed by atoms with van der Waals surface area (Å²) in [5, 5.41) is 2.89. The van der Waals surface area contributed by atoms with E-state index in [0.717, 1.165) is 11.3 Å². The van der Waals surface area contributed by atoms with Crippen molar-refractivity contribution in [2.75, 3.05) is 31.6 Å². The standard InChI is InChI=1S/C16H20N2O3/c1-12-3-2-4-13(11-12)17-14(19)16(5-6-16)15(20)18-7-9-21-10-8-18/h2-4,11H,5-10H2,1H3,(H,17,19). The summed E-state index contributed by atoms with van der Waals surface area (Å²) in [6.07, 6.45) is 1.28. The quantitative estimate of drug-likeness (QED) is 0.859. The zero-order valence-electron chi connectivity index (χ0n) is 12.2. The van der Waals surface area contributed by atoms with Gasteiger partial charge in [-0.2, -0.15) is 0 Å². The summed E-state index contributed by atoms with van der Waals surface area (Å²) in [6, 6.07) is 7.63. The van der Waals surface area contributed by atoms with Crippen molar-refractivity contribution in [3.05, 3.63) is 29.8 Å². The van der Waals surface area contributed by atoms with Gasteiger partial charge in [0.2, 0.25) is 11.8 Å². The van der Waals surface area contributed by atoms with Crippen molar-refractivity contribution in [1.29, 1.82) is 0 Å². The van der Waals surface area contributed by atoms with E-state index in [1.165, 1.54) is 0 Å². The van der Waals surface area contributed by atoms with E-state index >= 15 is 0 Å². The maximum Gasteiger partial charge on any atom is 0.240 e. The average molecular weight is 288 g/mol. The van der Waals surface area contributed by atoms with Crippen molar-refractivity contribution in [2.24, 2.45) is 5.41 Å². The van der Waals surface area contributed by atoms with Crippen molar-refractivity contribution >= 4 is 17.5 Å². The Kier molecular flexibility index (Phi) is 3.68. The second-order valence-electron chi connectivity index (χ2n) is 5.81. The van der Waals surface area contributed by atoms with Gasteiger partial charge in [0.1, 0.15) is 5.41 Å². The summed E-state index contributed by atoms with van der Waals surface area (Å²) < 4.78 is 5.26. The van der Waals surface area contributed by atoms with Crippen LogP contribution in [-0.2, 0) is 14.3 Å². The highest BCUT2D eigenvalue weighted by molar-refractivity contribution is 6.13. The predicted octanol–water partition coefficient (Wildman–Crippen LogP) is 1.57. The van der Waals surface area contributed by atoms with Crippen molar-refractivity contribution in [1.82, 2.24) is 4.90 Å². The minimum absolute atomic E-state index is 0.0454. The Hall–Kier alpha value is -1.88. The number of morpholine rings is 1. The van der Waals surface area contributed by atoms with E-state index in [9.17, 15) is 9.59 Å². The molecule has 1 N–H and O–H groups in total. The molecule has 0 radical (unpaired) electrons. The highest BCUT2D eigenvalue weighted by Crippen LogP contribution is 2.48. The topological polar surface area (TPSA) is 58.6 Å². The van der Waals surface area contributed by atoms with Crippen LogP contribution in [0.5, 0.6) is 0 Å². The number of hydrogen-bond donors (Lipinski definition) is 1. The first-order chi connectivity index (χ1) is 10.1. The molecule has 5 nitrogen and oxygen atoms in total. The number of aryl methyl sites for hydroxylation is 1. The third-order valence-corrected chi connectivity index (χ3v) is 4.17. The van der Waals surface area contributed by atoms with Gasteiger partial charge in [-0.05, 0) is 37.5 Å². The largest absolute Gasteiger partial charge is 0.378 e. The molecule has 0 spiro atoms. The Morgan fingerprint density at radius 1 is 1.24 bits per heavy atom. The van der Waals surface area contributed by atoms with Gasteiger partial charge in [0.25, 0.3) is 0 Å². The zero-order chi connectivity index (χ0) is 14.9. The van der Waals surface area contributed by atoms with Crippen LogP contribution < -0.4 is 5.32 Å². The molecule has 0 aromatic heterocycles. The van der Waals surface area contributed by atoms with Crippen LogP contribution in [0.4, 0.5) is 5.69 Å². The van der Waals surface area contributed by atoms with E-state index in [1.807, 2.05) is 31.2 Å². The Bertz CT molecular complexity index is 560. The summed E-state index contributed by atoms with van der Waals surface area (Å²) >= 11 is 0. The Morgan fingerprint density at radius 3 is 2.57 bits per heavy atom. The second-order valence-corrected chi connectivity index (χ2v) is 5.81. The Labute approximate surface area is 124 Å². The normalized spacial score (nSPS) is 20.0. The third kappa shape index (κ3) is 2.78. The Balaban J connectivity index is 1.69. The molecule has 112 valence electrons. The first kappa shape index (κ1) is 14.1. The number of anilines is 1. The molecule has 1 aliphatic carbocycles. The molecule has 1 aromatic rings. The predicted molar refractivity (Wildman–Crippen MR) is 78.9 cm³/mol. The number of carbonyl (C=O) groups is 2. The summed E-state index contributed by atoms with van der Waals surface area (Å²) in [6.45, 7) is 4.25. The van der Waals surface area contributed by atoms with Crippen LogP contribution in [0.3, 0.4) is 0 Å². The van der Waals surface area contributed by atoms with Gasteiger partial charge < -0.3 is 15.0 Å². The molecule has 0 bridgehead atoms. The highest BCUT2D eigenvalue weighted by Gasteiger charge is 2.58. The van der Waals surface area contributed by atoms with Gasteiger partial charge in [0.15, 0.2) is 0 Å². The number of carbonyl (C=O) groups excluding carboxylic acids is 2. The lowest BCUT2D eigenvalue weighted by Gasteiger charge is -2.30. The molecule has 1 saturated carbocycles. The molecule has 21 heavy (non-hydrogen) atoms. The van der Waals surface area contributed by atoms with Crippen LogP contribution in [0.15, 0.2) is 24.3 Å². The molecule has 1 aromatic carbocycles. The molecule has 2 aliphatic rings. The number of ether oxygens (including phenoxy) is 1. The zero-order valence-corrected chi connectivity index (χ0v) is 12.2. The van der Waals surface area contributed by atoms with Gasteiger partial charge in [0, 0.05) is 18.8 Å². The summed E-state index contributed by atoms with van der Waals surface area (Å²) in [7, 11) is 0. The molecule has 0 unspecified atom stereocenters. The number of nitrogens with zero attached hydrogens (tertiary/aromatic N) is 1. The SMILES string of the molecule is Cc1cccc(NC(=O)C2(C(=O)N3CCOCC3)CC2)c1. The van der Waals surface area contributed by atoms with Gasteiger partial charge >= 0.3 is 0 Å². The molecule has 1 saturated heterocycles. The molecular formula is C16H20N2O3. The van der Waals surface area contributed by atoms with Crippen LogP contribution in [-0.4, -0.2) is 43.0 Å². The minimum atomic E-state index is -0.846. The molecule has 2 fully saturated rings. The number of amides is 2. The molecule has 5 heteroatoms. The number of benzene rings is 1. The Morgan fingerprint density at radius 2 is 1.95 bits per heavy atom. The van der Waals surface area contributed by atoms with E-state index in [2.05, 4.69) is 5.32 Å². The van der Waals surface area contributed by atoms with Crippen LogP contribution in [0.2, 0.25) is 0 Å². The van der Waals surface area contributed by atoms with E-state index in [0.29, 0.717) is 39.1 Å². The van der Waals surface area contributed by atoms with Crippen LogP contribution >= 0.6 is 0 Å². The van der Waals surface area contributed by atoms with Crippen molar-refractivity contribution in [2.45, 2.75) is 19.8 Å². The fraction of sp³-hybridized carbons (Fsp3) is 0.500. The average Bonchev–Trinajstić information content (AvgIpc) is 3.29. The number of hydrogen-bond acceptors (Lipinski definition) is 3. The van der Waals surface area contributed by atoms with Gasteiger partial charge in [0.05, 0.1) is 13.2 Å². The molecule has 0 atom stereocenters. The summed E-state index contributed by atoms with van der Waals surface area (Å²) in [4.78, 5) is 26.8. The van der Waals surface area contributed by atoms with Gasteiger partial charge in [-0.25, -0.2) is 0 Å². The molecule has 3 rings (SSSR count). The van der Waals surface area contributed by atoms with E-state index in [-0.39, 0.29) is 11.8 Å². The van der Waals surface area contributed by atoms with Crippen LogP contribution in [0, 0.1) is 12.3 Å². The van der Waals surface area contributed by atoms with Crippen LogP contribution in [0.25, 0.3) is 0 Å². The highest BCUT2D eigenvalue weighted by atomic mass is 16.5. The molecule has 1 heterocycles. The third-order valence-electron chi connectivity index (χ3n) is 4.17. The monoisotopic (exact) mass is 288 g/mol. The van der Waals surface area contributed by atoms with Gasteiger partial charge in [-0.15, -0.1) is 0 Å². The van der Waals surface area contributed by atoms with Crippen molar-refractivity contribution in [3.63, 3.8) is 0 Å². The maximum absolute atomic E-state index is 12.6. The summed E-state index contributed by atoms with van der Waals surface area (Å²) in [5.41, 5.74) is 0.986. The molecule has 2 amide bonds. The van der Waals surface area contributed by atoms with Gasteiger partial charge in [-0.3, -0.25) is 9.59 Å². The fourth-order valence-electron chi connectivity index (χ4n) is 2.71. The van der Waals surface area contributed by atoms with Crippen molar-refractivity contribution < 1.29 is 14.3 Å². The lowest BCUT2D eigenvalue weighted by molar-refractivity contribution is -0.145. The molecule has 1 aliphatic heterocycles. The van der Waals surface area contributed by atoms with E-state index in [1.54, 1.807) is 4.90 Å².